The van der Waals surface area contributed by atoms with Gasteiger partial charge in [-0.2, -0.15) is 0 Å². The van der Waals surface area contributed by atoms with E-state index in [1.807, 2.05) is 6.07 Å². The Bertz CT molecular complexity index is 861. The molecule has 1 aliphatic heterocycles. The number of halogens is 1. The summed E-state index contributed by atoms with van der Waals surface area (Å²) in [6, 6.07) is 15.0. The van der Waals surface area contributed by atoms with Gasteiger partial charge in [-0.1, -0.05) is 24.3 Å². The third-order valence-corrected chi connectivity index (χ3v) is 5.64. The number of nitrogens with zero attached hydrogens (tertiary/aromatic N) is 1. The number of hydrogen-bond acceptors (Lipinski definition) is 3. The van der Waals surface area contributed by atoms with Crippen molar-refractivity contribution in [2.75, 3.05) is 13.1 Å². The molecule has 1 aromatic heterocycles. The van der Waals surface area contributed by atoms with Gasteiger partial charge in [0.2, 0.25) is 0 Å². The predicted octanol–water partition coefficient (Wildman–Crippen LogP) is 5.08. The molecule has 0 saturated carbocycles. The molecule has 1 aliphatic rings. The molecule has 24 heavy (non-hydrogen) atoms. The number of likely N-dealkylation sites (tertiary alicyclic amines) is 1. The topological polar surface area (TPSA) is 12.5 Å². The molecule has 124 valence electrons. The van der Waals surface area contributed by atoms with Crippen LogP contribution in [-0.2, 0) is 6.54 Å². The van der Waals surface area contributed by atoms with E-state index in [0.29, 0.717) is 5.75 Å². The first-order chi connectivity index (χ1) is 11.6. The highest BCUT2D eigenvalue weighted by Gasteiger charge is 2.36. The molecule has 2 aromatic carbocycles. The molecule has 1 fully saturated rings. The lowest BCUT2D eigenvalue weighted by Gasteiger charge is -2.26. The van der Waals surface area contributed by atoms with Crippen molar-refractivity contribution in [3.63, 3.8) is 0 Å². The summed E-state index contributed by atoms with van der Waals surface area (Å²) in [6.45, 7) is 4.90. The maximum absolute atomic E-state index is 13.4. The van der Waals surface area contributed by atoms with Gasteiger partial charge in [0.15, 0.2) is 0 Å². The van der Waals surface area contributed by atoms with Crippen molar-refractivity contribution in [1.29, 1.82) is 0 Å². The summed E-state index contributed by atoms with van der Waals surface area (Å²) in [6.07, 6.45) is 0.950. The smallest absolute Gasteiger partial charge is 0.126 e. The summed E-state index contributed by atoms with van der Waals surface area (Å²) in [4.78, 5) is 2.42. The second-order valence-corrected chi connectivity index (χ2v) is 7.64. The van der Waals surface area contributed by atoms with E-state index in [4.69, 9.17) is 4.74 Å². The van der Waals surface area contributed by atoms with Crippen LogP contribution in [-0.4, -0.2) is 23.6 Å². The lowest BCUT2D eigenvalue weighted by Crippen LogP contribution is -2.35. The van der Waals surface area contributed by atoms with Crippen LogP contribution in [0.25, 0.3) is 10.1 Å². The van der Waals surface area contributed by atoms with Crippen molar-refractivity contribution in [3.8, 4) is 5.75 Å². The van der Waals surface area contributed by atoms with E-state index in [1.165, 1.54) is 27.8 Å². The zero-order chi connectivity index (χ0) is 16.6. The lowest BCUT2D eigenvalue weighted by atomic mass is 10.1. The highest BCUT2D eigenvalue weighted by atomic mass is 32.1. The fourth-order valence-electron chi connectivity index (χ4n) is 3.46. The maximum Gasteiger partial charge on any atom is 0.126 e. The van der Waals surface area contributed by atoms with Gasteiger partial charge in [-0.3, -0.25) is 4.90 Å². The average molecular weight is 341 g/mol. The van der Waals surface area contributed by atoms with Crippen LogP contribution in [0.3, 0.4) is 0 Å². The highest BCUT2D eigenvalue weighted by molar-refractivity contribution is 7.17. The van der Waals surface area contributed by atoms with Gasteiger partial charge >= 0.3 is 0 Å². The Kier molecular flexibility index (Phi) is 4.02. The molecule has 0 radical (unpaired) electrons. The van der Waals surface area contributed by atoms with Crippen molar-refractivity contribution in [3.05, 3.63) is 65.3 Å². The zero-order valence-corrected chi connectivity index (χ0v) is 14.5. The van der Waals surface area contributed by atoms with Crippen LogP contribution in [0, 0.1) is 5.82 Å². The molecule has 4 heteroatoms. The standard InChI is InChI=1S/C20H20FNOS/c1-20(23-17-6-4-5-16(21)11-17)9-10-22(14-20)12-15-13-24-19-8-3-2-7-18(15)19/h2-8,11,13H,9-10,12,14H2,1H3. The molecule has 2 heterocycles. The van der Waals surface area contributed by atoms with E-state index in [-0.39, 0.29) is 11.4 Å². The van der Waals surface area contributed by atoms with Gasteiger partial charge in [0, 0.05) is 36.8 Å². The second kappa shape index (κ2) is 6.19. The Hall–Kier alpha value is -1.91. The van der Waals surface area contributed by atoms with Gasteiger partial charge in [0.05, 0.1) is 0 Å². The molecule has 0 amide bonds. The van der Waals surface area contributed by atoms with Crippen LogP contribution in [0.15, 0.2) is 53.9 Å². The molecule has 3 aromatic rings. The Morgan fingerprint density at radius 2 is 2.08 bits per heavy atom. The molecule has 0 aliphatic carbocycles. The first-order valence-electron chi connectivity index (χ1n) is 8.23. The molecule has 1 saturated heterocycles. The third-order valence-electron chi connectivity index (χ3n) is 4.63. The SMILES string of the molecule is CC1(Oc2cccc(F)c2)CCN(Cc2csc3ccccc23)C1. The van der Waals surface area contributed by atoms with Crippen molar-refractivity contribution in [2.45, 2.75) is 25.5 Å². The predicted molar refractivity (Wildman–Crippen MR) is 97.2 cm³/mol. The first kappa shape index (κ1) is 15.6. The lowest BCUT2D eigenvalue weighted by molar-refractivity contribution is 0.0947. The summed E-state index contributed by atoms with van der Waals surface area (Å²) in [5, 5.41) is 3.61. The van der Waals surface area contributed by atoms with Crippen LogP contribution >= 0.6 is 11.3 Å². The number of fused-ring (bicyclic) bond motifs is 1. The number of thiophene rings is 1. The third kappa shape index (κ3) is 3.17. The Labute approximate surface area is 145 Å². The average Bonchev–Trinajstić information content (AvgIpc) is 3.12. The van der Waals surface area contributed by atoms with Crippen LogP contribution < -0.4 is 4.74 Å². The van der Waals surface area contributed by atoms with Crippen molar-refractivity contribution in [1.82, 2.24) is 4.90 Å². The summed E-state index contributed by atoms with van der Waals surface area (Å²) >= 11 is 1.80. The van der Waals surface area contributed by atoms with Gasteiger partial charge in [0.25, 0.3) is 0 Å². The fraction of sp³-hybridized carbons (Fsp3) is 0.300. The van der Waals surface area contributed by atoms with Gasteiger partial charge in [-0.05, 0) is 41.5 Å². The number of rotatable bonds is 4. The van der Waals surface area contributed by atoms with Crippen LogP contribution in [0.2, 0.25) is 0 Å². The molecule has 1 atom stereocenters. The van der Waals surface area contributed by atoms with Gasteiger partial charge in [0.1, 0.15) is 17.2 Å². The minimum absolute atomic E-state index is 0.254. The van der Waals surface area contributed by atoms with Crippen molar-refractivity contribution >= 4 is 21.4 Å². The van der Waals surface area contributed by atoms with E-state index >= 15 is 0 Å². The molecule has 4 rings (SSSR count). The van der Waals surface area contributed by atoms with Gasteiger partial charge < -0.3 is 4.74 Å². The van der Waals surface area contributed by atoms with Gasteiger partial charge in [-0.25, -0.2) is 4.39 Å². The first-order valence-corrected chi connectivity index (χ1v) is 9.11. The van der Waals surface area contributed by atoms with E-state index < -0.39 is 0 Å². The molecule has 0 spiro atoms. The van der Waals surface area contributed by atoms with Crippen LogP contribution in [0.5, 0.6) is 5.75 Å². The van der Waals surface area contributed by atoms with E-state index in [0.717, 1.165) is 26.1 Å². The Morgan fingerprint density at radius 1 is 1.21 bits per heavy atom. The Balaban J connectivity index is 1.46. The molecule has 1 unspecified atom stereocenters. The molecular formula is C20H20FNOS. The van der Waals surface area contributed by atoms with Crippen LogP contribution in [0.4, 0.5) is 4.39 Å². The monoisotopic (exact) mass is 341 g/mol. The number of ether oxygens (including phenoxy) is 1. The van der Waals surface area contributed by atoms with E-state index in [2.05, 4.69) is 41.5 Å². The van der Waals surface area contributed by atoms with Gasteiger partial charge in [-0.15, -0.1) is 11.3 Å². The molecular weight excluding hydrogens is 321 g/mol. The summed E-state index contributed by atoms with van der Waals surface area (Å²) < 4.78 is 20.8. The summed E-state index contributed by atoms with van der Waals surface area (Å²) in [7, 11) is 0. The number of hydrogen-bond donors (Lipinski definition) is 0. The largest absolute Gasteiger partial charge is 0.486 e. The van der Waals surface area contributed by atoms with Crippen molar-refractivity contribution < 1.29 is 9.13 Å². The minimum atomic E-state index is -0.264. The normalized spacial score (nSPS) is 21.4. The number of benzene rings is 2. The summed E-state index contributed by atoms with van der Waals surface area (Å²) in [5.41, 5.74) is 1.12. The fourth-order valence-corrected chi connectivity index (χ4v) is 4.41. The van der Waals surface area contributed by atoms with Crippen molar-refractivity contribution in [2.24, 2.45) is 0 Å². The molecule has 0 bridgehead atoms. The second-order valence-electron chi connectivity index (χ2n) is 6.73. The van der Waals surface area contributed by atoms with E-state index in [1.54, 1.807) is 17.4 Å². The quantitative estimate of drug-likeness (QED) is 0.656. The molecule has 2 nitrogen and oxygen atoms in total. The zero-order valence-electron chi connectivity index (χ0n) is 13.7. The Morgan fingerprint density at radius 3 is 2.96 bits per heavy atom. The van der Waals surface area contributed by atoms with Crippen LogP contribution in [0.1, 0.15) is 18.9 Å². The summed E-state index contributed by atoms with van der Waals surface area (Å²) in [5.74, 6) is 0.357. The molecule has 0 N–H and O–H groups in total. The van der Waals surface area contributed by atoms with E-state index in [9.17, 15) is 4.39 Å². The maximum atomic E-state index is 13.4. The highest BCUT2D eigenvalue weighted by Crippen LogP contribution is 2.31. The minimum Gasteiger partial charge on any atom is -0.486 e.